The van der Waals surface area contributed by atoms with E-state index in [1.54, 1.807) is 0 Å². The van der Waals surface area contributed by atoms with Crippen molar-refractivity contribution < 1.29 is 5.11 Å². The van der Waals surface area contributed by atoms with Crippen LogP contribution in [0.15, 0.2) is 0 Å². The van der Waals surface area contributed by atoms with Gasteiger partial charge in [0, 0.05) is 0 Å². The van der Waals surface area contributed by atoms with Crippen LogP contribution in [0, 0.1) is 22.7 Å². The first-order valence-corrected chi connectivity index (χ1v) is 7.89. The summed E-state index contributed by atoms with van der Waals surface area (Å²) in [5.74, 6) is 1.42. The van der Waals surface area contributed by atoms with Crippen LogP contribution >= 0.6 is 0 Å². The van der Waals surface area contributed by atoms with Gasteiger partial charge in [-0.2, -0.15) is 0 Å². The molecule has 0 spiro atoms. The fourth-order valence-electron chi connectivity index (χ4n) is 3.37. The minimum atomic E-state index is -0.0487. The van der Waals surface area contributed by atoms with Crippen molar-refractivity contribution in [3.05, 3.63) is 0 Å². The Morgan fingerprint density at radius 2 is 2.00 bits per heavy atom. The van der Waals surface area contributed by atoms with Gasteiger partial charge in [-0.25, -0.2) is 0 Å². The average Bonchev–Trinajstić information content (AvgIpc) is 2.31. The number of hydrogen-bond donors (Lipinski definition) is 1. The smallest absolute Gasteiger partial charge is 0.0543 e. The maximum atomic E-state index is 9.79. The Kier molecular flexibility index (Phi) is 5.29. The Balaban J connectivity index is 2.57. The van der Waals surface area contributed by atoms with Crippen molar-refractivity contribution in [1.82, 2.24) is 0 Å². The molecule has 0 heterocycles. The van der Waals surface area contributed by atoms with E-state index in [1.807, 2.05) is 0 Å². The molecule has 1 aliphatic rings. The highest BCUT2D eigenvalue weighted by Crippen LogP contribution is 2.48. The molecule has 1 heteroatoms. The van der Waals surface area contributed by atoms with Crippen LogP contribution in [-0.4, -0.2) is 11.2 Å². The maximum absolute atomic E-state index is 9.79. The lowest BCUT2D eigenvalue weighted by Gasteiger charge is -2.46. The number of aliphatic hydroxyl groups is 1. The molecule has 1 nitrogen and oxygen atoms in total. The second kappa shape index (κ2) is 5.94. The van der Waals surface area contributed by atoms with Crippen molar-refractivity contribution in [3.8, 4) is 0 Å². The molecule has 0 bridgehead atoms. The van der Waals surface area contributed by atoms with Gasteiger partial charge in [0.05, 0.1) is 6.10 Å². The van der Waals surface area contributed by atoms with Gasteiger partial charge < -0.3 is 5.11 Å². The molecule has 1 aliphatic carbocycles. The molecule has 1 rings (SSSR count). The molecule has 4 atom stereocenters. The summed E-state index contributed by atoms with van der Waals surface area (Å²) in [6.45, 7) is 14.3. The topological polar surface area (TPSA) is 20.2 Å². The molecular formula is C17H34O. The van der Waals surface area contributed by atoms with Crippen LogP contribution in [-0.2, 0) is 0 Å². The molecular weight excluding hydrogens is 220 g/mol. The van der Waals surface area contributed by atoms with E-state index in [0.29, 0.717) is 16.7 Å². The van der Waals surface area contributed by atoms with E-state index in [9.17, 15) is 5.11 Å². The van der Waals surface area contributed by atoms with Crippen LogP contribution in [0.3, 0.4) is 0 Å². The lowest BCUT2D eigenvalue weighted by atomic mass is 9.60. The summed E-state index contributed by atoms with van der Waals surface area (Å²) in [5, 5.41) is 9.79. The molecule has 1 fully saturated rings. The summed E-state index contributed by atoms with van der Waals surface area (Å²) in [5.41, 5.74) is 0.922. The van der Waals surface area contributed by atoms with Gasteiger partial charge in [0.1, 0.15) is 0 Å². The van der Waals surface area contributed by atoms with E-state index in [4.69, 9.17) is 0 Å². The van der Waals surface area contributed by atoms with Crippen molar-refractivity contribution in [2.45, 2.75) is 86.2 Å². The number of rotatable bonds is 5. The minimum absolute atomic E-state index is 0.0487. The van der Waals surface area contributed by atoms with Gasteiger partial charge in [-0.1, -0.05) is 48.0 Å². The average molecular weight is 254 g/mol. The van der Waals surface area contributed by atoms with Gasteiger partial charge in [0.2, 0.25) is 0 Å². The molecule has 18 heavy (non-hydrogen) atoms. The molecule has 2 unspecified atom stereocenters. The molecule has 0 saturated heterocycles. The third kappa shape index (κ3) is 3.73. The zero-order valence-corrected chi connectivity index (χ0v) is 13.4. The normalized spacial score (nSPS) is 35.5. The Bertz CT molecular complexity index is 258. The van der Waals surface area contributed by atoms with E-state index < -0.39 is 0 Å². The largest absolute Gasteiger partial charge is 0.393 e. The Labute approximate surface area is 114 Å². The molecule has 1 saturated carbocycles. The van der Waals surface area contributed by atoms with Gasteiger partial charge in [-0.3, -0.25) is 0 Å². The van der Waals surface area contributed by atoms with Gasteiger partial charge >= 0.3 is 0 Å². The highest BCUT2D eigenvalue weighted by atomic mass is 16.3. The SMILES string of the molecule is CCC(C)(C)CCC(C)[C@@]1(C)CC[C@@H](O)CC1C. The summed E-state index contributed by atoms with van der Waals surface area (Å²) in [4.78, 5) is 0. The molecule has 1 N–H and O–H groups in total. The third-order valence-corrected chi connectivity index (χ3v) is 6.10. The van der Waals surface area contributed by atoms with Crippen LogP contribution in [0.5, 0.6) is 0 Å². The maximum Gasteiger partial charge on any atom is 0.0543 e. The predicted molar refractivity (Wildman–Crippen MR) is 79.6 cm³/mol. The monoisotopic (exact) mass is 254 g/mol. The fourth-order valence-corrected chi connectivity index (χ4v) is 3.37. The first-order chi connectivity index (χ1) is 8.21. The van der Waals surface area contributed by atoms with Crippen molar-refractivity contribution in [1.29, 1.82) is 0 Å². The third-order valence-electron chi connectivity index (χ3n) is 6.10. The van der Waals surface area contributed by atoms with E-state index >= 15 is 0 Å². The van der Waals surface area contributed by atoms with Crippen LogP contribution in [0.1, 0.15) is 80.1 Å². The van der Waals surface area contributed by atoms with Crippen molar-refractivity contribution in [2.75, 3.05) is 0 Å². The predicted octanol–water partition coefficient (Wildman–Crippen LogP) is 5.03. The summed E-state index contributed by atoms with van der Waals surface area (Å²) in [6.07, 6.45) is 7.08. The first kappa shape index (κ1) is 16.0. The Morgan fingerprint density at radius 3 is 2.50 bits per heavy atom. The van der Waals surface area contributed by atoms with Gasteiger partial charge in [-0.05, 0) is 54.8 Å². The molecule has 0 aromatic carbocycles. The molecule has 108 valence electrons. The quantitative estimate of drug-likeness (QED) is 0.730. The Hall–Kier alpha value is -0.0400. The Morgan fingerprint density at radius 1 is 1.39 bits per heavy atom. The summed E-state index contributed by atoms with van der Waals surface area (Å²) in [6, 6.07) is 0. The zero-order valence-electron chi connectivity index (χ0n) is 13.4. The fraction of sp³-hybridized carbons (Fsp3) is 1.00. The lowest BCUT2D eigenvalue weighted by Crippen LogP contribution is -2.39. The van der Waals surface area contributed by atoms with E-state index in [0.717, 1.165) is 18.8 Å². The molecule has 0 radical (unpaired) electrons. The minimum Gasteiger partial charge on any atom is -0.393 e. The second-order valence-corrected chi connectivity index (χ2v) is 7.79. The lowest BCUT2D eigenvalue weighted by molar-refractivity contribution is -0.0114. The van der Waals surface area contributed by atoms with Crippen LogP contribution in [0.4, 0.5) is 0 Å². The van der Waals surface area contributed by atoms with Crippen molar-refractivity contribution in [3.63, 3.8) is 0 Å². The summed E-state index contributed by atoms with van der Waals surface area (Å²) >= 11 is 0. The molecule has 0 aromatic heterocycles. The van der Waals surface area contributed by atoms with Crippen LogP contribution in [0.2, 0.25) is 0 Å². The first-order valence-electron chi connectivity index (χ1n) is 7.89. The van der Waals surface area contributed by atoms with Crippen LogP contribution in [0.25, 0.3) is 0 Å². The standard InChI is InChI=1S/C17H34O/c1-7-16(4,5)10-8-13(2)17(6)11-9-15(18)12-14(17)3/h13-15,18H,7-12H2,1-6H3/t13?,14?,15-,17-/m1/s1. The van der Waals surface area contributed by atoms with Gasteiger partial charge in [-0.15, -0.1) is 0 Å². The van der Waals surface area contributed by atoms with E-state index in [1.165, 1.54) is 25.7 Å². The summed E-state index contributed by atoms with van der Waals surface area (Å²) < 4.78 is 0. The molecule has 0 amide bonds. The molecule has 0 aromatic rings. The highest BCUT2D eigenvalue weighted by molar-refractivity contribution is 4.91. The highest BCUT2D eigenvalue weighted by Gasteiger charge is 2.40. The van der Waals surface area contributed by atoms with Gasteiger partial charge in [0.15, 0.2) is 0 Å². The van der Waals surface area contributed by atoms with Crippen molar-refractivity contribution in [2.24, 2.45) is 22.7 Å². The van der Waals surface area contributed by atoms with Gasteiger partial charge in [0.25, 0.3) is 0 Å². The molecule has 0 aliphatic heterocycles. The second-order valence-electron chi connectivity index (χ2n) is 7.79. The van der Waals surface area contributed by atoms with Crippen molar-refractivity contribution >= 4 is 0 Å². The number of hydrogen-bond acceptors (Lipinski definition) is 1. The summed E-state index contributed by atoms with van der Waals surface area (Å²) in [7, 11) is 0. The van der Waals surface area contributed by atoms with E-state index in [2.05, 4.69) is 41.5 Å². The number of aliphatic hydroxyl groups excluding tert-OH is 1. The van der Waals surface area contributed by atoms with E-state index in [-0.39, 0.29) is 6.10 Å². The zero-order chi connectivity index (χ0) is 14.0. The van der Waals surface area contributed by atoms with Crippen LogP contribution < -0.4 is 0 Å².